The lowest BCUT2D eigenvalue weighted by molar-refractivity contribution is 0.100. The Morgan fingerprint density at radius 3 is 2.72 bits per heavy atom. The Hall–Kier alpha value is -3.11. The maximum absolute atomic E-state index is 12.7. The second-order valence-corrected chi connectivity index (χ2v) is 6.75. The van der Waals surface area contributed by atoms with Crippen molar-refractivity contribution in [3.63, 3.8) is 0 Å². The van der Waals surface area contributed by atoms with Crippen molar-refractivity contribution in [2.75, 3.05) is 11.1 Å². The number of nitrogens with two attached hydrogens (primary N) is 1. The number of rotatable bonds is 5. The van der Waals surface area contributed by atoms with E-state index in [1.165, 1.54) is 0 Å². The molecule has 0 saturated heterocycles. The molecular formula is C18H16N4O2S. The lowest BCUT2D eigenvalue weighted by atomic mass is 10.1. The van der Waals surface area contributed by atoms with E-state index in [0.717, 1.165) is 16.9 Å². The van der Waals surface area contributed by atoms with Gasteiger partial charge in [0.25, 0.3) is 0 Å². The lowest BCUT2D eigenvalue weighted by Gasteiger charge is -2.06. The number of ketones is 1. The Kier molecular flexibility index (Phi) is 4.55. The van der Waals surface area contributed by atoms with Gasteiger partial charge in [-0.05, 0) is 13.8 Å². The van der Waals surface area contributed by atoms with Gasteiger partial charge in [-0.1, -0.05) is 35.5 Å². The van der Waals surface area contributed by atoms with Gasteiger partial charge in [0.05, 0.1) is 5.69 Å². The van der Waals surface area contributed by atoms with Crippen LogP contribution in [-0.2, 0) is 0 Å². The summed E-state index contributed by atoms with van der Waals surface area (Å²) < 4.78 is 5.20. The zero-order chi connectivity index (χ0) is 18.0. The van der Waals surface area contributed by atoms with Gasteiger partial charge in [-0.2, -0.15) is 5.26 Å². The summed E-state index contributed by atoms with van der Waals surface area (Å²) in [5, 5.41) is 17.0. The largest absolute Gasteiger partial charge is 0.396 e. The summed E-state index contributed by atoms with van der Waals surface area (Å²) in [6, 6.07) is 13.2. The standard InChI is InChI=1S/C18H16N4O2S/c1-10(2)21-18-12(9-19)15(20)17(25-18)16(23)14-8-13(22-24-14)11-6-4-3-5-7-11/h3-8,10,21H,20H2,1-2H3. The highest BCUT2D eigenvalue weighted by molar-refractivity contribution is 7.19. The quantitative estimate of drug-likeness (QED) is 0.675. The predicted molar refractivity (Wildman–Crippen MR) is 97.6 cm³/mol. The van der Waals surface area contributed by atoms with Crippen molar-refractivity contribution < 1.29 is 9.32 Å². The number of carbonyl (C=O) groups excluding carboxylic acids is 1. The molecule has 1 aromatic carbocycles. The fourth-order valence-electron chi connectivity index (χ4n) is 2.33. The number of nitrogens with zero attached hydrogens (tertiary/aromatic N) is 2. The molecule has 0 aliphatic rings. The first kappa shape index (κ1) is 16.7. The van der Waals surface area contributed by atoms with Crippen LogP contribution in [0.4, 0.5) is 10.7 Å². The minimum Gasteiger partial charge on any atom is -0.396 e. The van der Waals surface area contributed by atoms with Gasteiger partial charge in [0.15, 0.2) is 0 Å². The molecule has 3 rings (SSSR count). The number of aromatic nitrogens is 1. The second kappa shape index (κ2) is 6.79. The van der Waals surface area contributed by atoms with Crippen LogP contribution in [0.1, 0.15) is 34.8 Å². The number of anilines is 2. The number of hydrogen-bond donors (Lipinski definition) is 2. The third kappa shape index (κ3) is 3.25. The normalized spacial score (nSPS) is 10.6. The molecule has 0 atom stereocenters. The van der Waals surface area contributed by atoms with E-state index in [1.54, 1.807) is 6.07 Å². The lowest BCUT2D eigenvalue weighted by Crippen LogP contribution is -2.09. The molecule has 0 aliphatic carbocycles. The van der Waals surface area contributed by atoms with Gasteiger partial charge in [0, 0.05) is 17.7 Å². The SMILES string of the molecule is CC(C)Nc1sc(C(=O)c2cc(-c3ccccc3)no2)c(N)c1C#N. The number of nitriles is 1. The number of hydrogen-bond acceptors (Lipinski definition) is 7. The highest BCUT2D eigenvalue weighted by atomic mass is 32.1. The van der Waals surface area contributed by atoms with Gasteiger partial charge >= 0.3 is 0 Å². The molecule has 0 aliphatic heterocycles. The number of nitrogens with one attached hydrogen (secondary N) is 1. The summed E-state index contributed by atoms with van der Waals surface area (Å²) in [5.74, 6) is -0.294. The van der Waals surface area contributed by atoms with Crippen molar-refractivity contribution in [3.05, 3.63) is 52.6 Å². The molecule has 0 spiro atoms. The number of thiophene rings is 1. The summed E-state index contributed by atoms with van der Waals surface area (Å²) in [7, 11) is 0. The molecule has 126 valence electrons. The molecule has 6 nitrogen and oxygen atoms in total. The fraction of sp³-hybridized carbons (Fsp3) is 0.167. The van der Waals surface area contributed by atoms with Crippen LogP contribution < -0.4 is 11.1 Å². The molecular weight excluding hydrogens is 336 g/mol. The Labute approximate surface area is 148 Å². The maximum Gasteiger partial charge on any atom is 0.243 e. The van der Waals surface area contributed by atoms with Crippen LogP contribution in [-0.4, -0.2) is 17.0 Å². The van der Waals surface area contributed by atoms with Crippen molar-refractivity contribution >= 4 is 27.8 Å². The van der Waals surface area contributed by atoms with Crippen LogP contribution in [0.3, 0.4) is 0 Å². The Morgan fingerprint density at radius 2 is 2.08 bits per heavy atom. The van der Waals surface area contributed by atoms with Gasteiger partial charge < -0.3 is 15.6 Å². The molecule has 0 amide bonds. The van der Waals surface area contributed by atoms with E-state index >= 15 is 0 Å². The molecule has 0 fully saturated rings. The topological polar surface area (TPSA) is 105 Å². The van der Waals surface area contributed by atoms with Crippen LogP contribution in [0.15, 0.2) is 40.9 Å². The zero-order valence-electron chi connectivity index (χ0n) is 13.7. The molecule has 0 bridgehead atoms. The van der Waals surface area contributed by atoms with E-state index in [-0.39, 0.29) is 33.7 Å². The van der Waals surface area contributed by atoms with E-state index in [4.69, 9.17) is 10.3 Å². The highest BCUT2D eigenvalue weighted by Crippen LogP contribution is 2.37. The third-order valence-electron chi connectivity index (χ3n) is 3.49. The summed E-state index contributed by atoms with van der Waals surface area (Å²) in [5.41, 5.74) is 7.88. The monoisotopic (exact) mass is 352 g/mol. The van der Waals surface area contributed by atoms with Crippen molar-refractivity contribution in [1.29, 1.82) is 5.26 Å². The fourth-order valence-corrected chi connectivity index (χ4v) is 3.49. The van der Waals surface area contributed by atoms with E-state index in [9.17, 15) is 10.1 Å². The minimum atomic E-state index is -0.384. The van der Waals surface area contributed by atoms with Crippen LogP contribution in [0.5, 0.6) is 0 Å². The van der Waals surface area contributed by atoms with Gasteiger partial charge in [0.2, 0.25) is 11.5 Å². The number of nitrogen functional groups attached to an aromatic ring is 1. The molecule has 2 aromatic heterocycles. The first-order valence-electron chi connectivity index (χ1n) is 7.67. The minimum absolute atomic E-state index is 0.0902. The molecule has 0 unspecified atom stereocenters. The molecule has 3 aromatic rings. The van der Waals surface area contributed by atoms with E-state index in [0.29, 0.717) is 10.7 Å². The molecule has 0 radical (unpaired) electrons. The summed E-state index contributed by atoms with van der Waals surface area (Å²) in [4.78, 5) is 13.0. The van der Waals surface area contributed by atoms with Crippen molar-refractivity contribution in [3.8, 4) is 17.3 Å². The summed E-state index contributed by atoms with van der Waals surface area (Å²) >= 11 is 1.15. The van der Waals surface area contributed by atoms with Gasteiger partial charge in [-0.15, -0.1) is 11.3 Å². The molecule has 2 heterocycles. The van der Waals surface area contributed by atoms with Crippen LogP contribution >= 0.6 is 11.3 Å². The van der Waals surface area contributed by atoms with Crippen LogP contribution in [0, 0.1) is 11.3 Å². The zero-order valence-corrected chi connectivity index (χ0v) is 14.6. The average Bonchev–Trinajstić information content (AvgIpc) is 3.20. The Bertz CT molecular complexity index is 951. The number of benzene rings is 1. The van der Waals surface area contributed by atoms with Crippen molar-refractivity contribution in [2.24, 2.45) is 0 Å². The predicted octanol–water partition coefficient (Wildman–Crippen LogP) is 3.91. The van der Waals surface area contributed by atoms with Crippen LogP contribution in [0.25, 0.3) is 11.3 Å². The Morgan fingerprint density at radius 1 is 1.36 bits per heavy atom. The first-order chi connectivity index (χ1) is 12.0. The smallest absolute Gasteiger partial charge is 0.243 e. The summed E-state index contributed by atoms with van der Waals surface area (Å²) in [6.07, 6.45) is 0. The van der Waals surface area contributed by atoms with Crippen molar-refractivity contribution in [1.82, 2.24) is 5.16 Å². The van der Waals surface area contributed by atoms with E-state index in [1.807, 2.05) is 44.2 Å². The van der Waals surface area contributed by atoms with Crippen LogP contribution in [0.2, 0.25) is 0 Å². The third-order valence-corrected chi connectivity index (χ3v) is 4.62. The Balaban J connectivity index is 1.96. The average molecular weight is 352 g/mol. The van der Waals surface area contributed by atoms with Gasteiger partial charge in [0.1, 0.15) is 27.2 Å². The maximum atomic E-state index is 12.7. The van der Waals surface area contributed by atoms with Crippen molar-refractivity contribution in [2.45, 2.75) is 19.9 Å². The molecule has 25 heavy (non-hydrogen) atoms. The number of carbonyl (C=O) groups is 1. The first-order valence-corrected chi connectivity index (χ1v) is 8.48. The molecule has 3 N–H and O–H groups in total. The highest BCUT2D eigenvalue weighted by Gasteiger charge is 2.25. The van der Waals surface area contributed by atoms with E-state index in [2.05, 4.69) is 16.5 Å². The summed E-state index contributed by atoms with van der Waals surface area (Å²) in [6.45, 7) is 3.89. The second-order valence-electron chi connectivity index (χ2n) is 5.73. The molecule has 7 heteroatoms. The van der Waals surface area contributed by atoms with Gasteiger partial charge in [-0.3, -0.25) is 4.79 Å². The molecule has 0 saturated carbocycles. The van der Waals surface area contributed by atoms with Gasteiger partial charge in [-0.25, -0.2) is 0 Å². The van der Waals surface area contributed by atoms with E-state index < -0.39 is 0 Å².